The molecule has 12 nitrogen and oxygen atoms in total. The number of halogens is 1. The summed E-state index contributed by atoms with van der Waals surface area (Å²) in [6, 6.07) is 7.50. The lowest BCUT2D eigenvalue weighted by molar-refractivity contribution is 0.442. The van der Waals surface area contributed by atoms with Crippen molar-refractivity contribution in [3.05, 3.63) is 119 Å². The van der Waals surface area contributed by atoms with Gasteiger partial charge in [0.2, 0.25) is 0 Å². The van der Waals surface area contributed by atoms with Gasteiger partial charge in [0.15, 0.2) is 0 Å². The zero-order valence-corrected chi connectivity index (χ0v) is 25.4. The van der Waals surface area contributed by atoms with Crippen LogP contribution in [-0.4, -0.2) is 25.2 Å². The predicted octanol–water partition coefficient (Wildman–Crippen LogP) is 2.10. The summed E-state index contributed by atoms with van der Waals surface area (Å²) < 4.78 is 15.6. The van der Waals surface area contributed by atoms with Crippen molar-refractivity contribution < 1.29 is 4.39 Å². The molecule has 4 heterocycles. The smallest absolute Gasteiger partial charge is 0.274 e. The molecule has 238 valence electrons. The van der Waals surface area contributed by atoms with Crippen LogP contribution >= 0.6 is 0 Å². The molecular formula is C34H27FN4O8. The van der Waals surface area contributed by atoms with Crippen LogP contribution in [0.4, 0.5) is 4.39 Å². The van der Waals surface area contributed by atoms with Gasteiger partial charge in [-0.05, 0) is 54.8 Å². The quantitative estimate of drug-likeness (QED) is 0.218. The molecule has 13 heteroatoms. The predicted molar refractivity (Wildman–Crippen MR) is 178 cm³/mol. The Morgan fingerprint density at radius 1 is 0.553 bits per heavy atom. The molecule has 1 atom stereocenters. The molecule has 47 heavy (non-hydrogen) atoms. The molecule has 0 aliphatic carbocycles. The van der Waals surface area contributed by atoms with Crippen LogP contribution < -0.4 is 44.5 Å². The van der Waals surface area contributed by atoms with Crippen molar-refractivity contribution in [1.29, 1.82) is 0 Å². The van der Waals surface area contributed by atoms with Gasteiger partial charge >= 0.3 is 0 Å². The monoisotopic (exact) mass is 638 g/mol. The zero-order chi connectivity index (χ0) is 33.5. The summed E-state index contributed by atoms with van der Waals surface area (Å²) in [6.45, 7) is 2.94. The first kappa shape index (κ1) is 30.1. The third-order valence-corrected chi connectivity index (χ3v) is 9.25. The van der Waals surface area contributed by atoms with Gasteiger partial charge in [-0.3, -0.25) is 51.9 Å². The number of hydrogen-bond acceptors (Lipinski definition) is 8. The number of alkyl halides is 1. The van der Waals surface area contributed by atoms with E-state index in [1.807, 2.05) is 6.92 Å². The second kappa shape index (κ2) is 10.7. The number of benzene rings is 3. The lowest BCUT2D eigenvalue weighted by Gasteiger charge is -2.10. The van der Waals surface area contributed by atoms with E-state index in [2.05, 4.69) is 6.92 Å². The molecule has 0 aliphatic heterocycles. The molecule has 0 spiro atoms. The van der Waals surface area contributed by atoms with Gasteiger partial charge in [-0.2, -0.15) is 9.35 Å². The van der Waals surface area contributed by atoms with E-state index in [0.717, 1.165) is 36.0 Å². The topological polar surface area (TPSA) is 156 Å². The standard InChI is InChI=1S/C34H27FN4O8/c1-3-4-5-7-16(2)37-29(42)19-10-8-18-17(25(19)33(37)46)9-11-20-26(18)34(47)39(30(20)43)38-31(44)23-14-21-22(15-24(23)32(38)45)28(41)36(27(21)40)13-6-12-35/h8-11,14-16H,3-7,12-13H2,1-2H3. The minimum Gasteiger partial charge on any atom is -0.274 e. The molecular weight excluding hydrogens is 611 g/mol. The van der Waals surface area contributed by atoms with Gasteiger partial charge in [0.1, 0.15) is 0 Å². The number of aromatic nitrogens is 4. The van der Waals surface area contributed by atoms with E-state index in [0.29, 0.717) is 15.8 Å². The molecule has 0 saturated heterocycles. The summed E-state index contributed by atoms with van der Waals surface area (Å²) in [4.78, 5) is 107. The van der Waals surface area contributed by atoms with Crippen molar-refractivity contribution in [3.63, 3.8) is 0 Å². The molecule has 0 amide bonds. The fourth-order valence-electron chi connectivity index (χ4n) is 6.89. The highest BCUT2D eigenvalue weighted by Crippen LogP contribution is 2.27. The number of hydrogen-bond donors (Lipinski definition) is 0. The highest BCUT2D eigenvalue weighted by molar-refractivity contribution is 6.17. The van der Waals surface area contributed by atoms with Gasteiger partial charge in [-0.15, -0.1) is 0 Å². The van der Waals surface area contributed by atoms with E-state index in [9.17, 15) is 42.7 Å². The minimum absolute atomic E-state index is 0.0745. The van der Waals surface area contributed by atoms with E-state index in [4.69, 9.17) is 0 Å². The Labute approximate surface area is 261 Å². The van der Waals surface area contributed by atoms with Crippen LogP contribution in [0.1, 0.15) is 52.0 Å². The lowest BCUT2D eigenvalue weighted by Crippen LogP contribution is -2.42. The largest absolute Gasteiger partial charge is 0.281 e. The average molecular weight is 639 g/mol. The SMILES string of the molecule is CCCCCC(C)n1c(=O)c2ccc3c(ccc4c(=O)n(-n5c(=O)c6cc7c(=O)n(CCCF)c(=O)c7cc6c5=O)c(=O)c43)c2c1=O. The molecule has 7 rings (SSSR count). The molecule has 0 aliphatic rings. The van der Waals surface area contributed by atoms with Crippen molar-refractivity contribution in [2.75, 3.05) is 6.67 Å². The maximum absolute atomic E-state index is 13.9. The van der Waals surface area contributed by atoms with E-state index in [-0.39, 0.29) is 72.9 Å². The first-order valence-corrected chi connectivity index (χ1v) is 15.4. The van der Waals surface area contributed by atoms with Crippen molar-refractivity contribution in [3.8, 4) is 0 Å². The number of nitrogens with zero attached hydrogens (tertiary/aromatic N) is 4. The highest BCUT2D eigenvalue weighted by atomic mass is 19.1. The fourth-order valence-corrected chi connectivity index (χ4v) is 6.89. The Hall–Kier alpha value is -5.59. The van der Waals surface area contributed by atoms with Crippen molar-refractivity contribution in [2.24, 2.45) is 0 Å². The van der Waals surface area contributed by atoms with Gasteiger partial charge in [-0.25, -0.2) is 0 Å². The Bertz CT molecular complexity index is 2810. The van der Waals surface area contributed by atoms with Gasteiger partial charge in [0.05, 0.1) is 49.8 Å². The van der Waals surface area contributed by atoms with Gasteiger partial charge in [0, 0.05) is 12.6 Å². The van der Waals surface area contributed by atoms with E-state index in [1.54, 1.807) is 0 Å². The average Bonchev–Trinajstić information content (AvgIpc) is 3.65. The van der Waals surface area contributed by atoms with E-state index < -0.39 is 51.1 Å². The Balaban J connectivity index is 1.47. The second-order valence-corrected chi connectivity index (χ2v) is 12.0. The Kier molecular flexibility index (Phi) is 6.88. The molecule has 4 aromatic heterocycles. The van der Waals surface area contributed by atoms with Crippen molar-refractivity contribution in [2.45, 2.75) is 58.5 Å². The molecule has 0 bridgehead atoms. The molecule has 3 aromatic carbocycles. The molecule has 1 unspecified atom stereocenters. The van der Waals surface area contributed by atoms with Crippen LogP contribution in [0, 0.1) is 0 Å². The number of rotatable bonds is 9. The molecule has 7 aromatic rings. The van der Waals surface area contributed by atoms with Crippen LogP contribution in [0.3, 0.4) is 0 Å². The summed E-state index contributed by atoms with van der Waals surface area (Å²) in [5.74, 6) is 0. The minimum atomic E-state index is -1.05. The number of unbranched alkanes of at least 4 members (excludes halogenated alkanes) is 2. The van der Waals surface area contributed by atoms with Gasteiger partial charge < -0.3 is 0 Å². The Morgan fingerprint density at radius 3 is 1.57 bits per heavy atom. The highest BCUT2D eigenvalue weighted by Gasteiger charge is 2.26. The fraction of sp³-hybridized carbons (Fsp3) is 0.294. The lowest BCUT2D eigenvalue weighted by atomic mass is 10.0. The molecule has 0 radical (unpaired) electrons. The van der Waals surface area contributed by atoms with Crippen LogP contribution in [0.25, 0.3) is 53.9 Å². The molecule has 0 saturated carbocycles. The normalized spacial score (nSPS) is 12.9. The first-order chi connectivity index (χ1) is 22.5. The summed E-state index contributed by atoms with van der Waals surface area (Å²) in [7, 11) is 0. The summed E-state index contributed by atoms with van der Waals surface area (Å²) in [5, 5.41) is -0.340. The second-order valence-electron chi connectivity index (χ2n) is 12.0. The maximum Gasteiger partial charge on any atom is 0.281 e. The summed E-state index contributed by atoms with van der Waals surface area (Å²) in [6.07, 6.45) is 3.35. The van der Waals surface area contributed by atoms with Crippen LogP contribution in [0.5, 0.6) is 0 Å². The Morgan fingerprint density at radius 2 is 1.02 bits per heavy atom. The van der Waals surface area contributed by atoms with Crippen LogP contribution in [0.15, 0.2) is 74.8 Å². The summed E-state index contributed by atoms with van der Waals surface area (Å²) >= 11 is 0. The van der Waals surface area contributed by atoms with Crippen LogP contribution in [-0.2, 0) is 6.54 Å². The molecule has 0 fully saturated rings. The van der Waals surface area contributed by atoms with Crippen LogP contribution in [0.2, 0.25) is 0 Å². The maximum atomic E-state index is 13.9. The number of fused-ring (bicyclic) bond motifs is 7. The van der Waals surface area contributed by atoms with Gasteiger partial charge in [0.25, 0.3) is 44.5 Å². The van der Waals surface area contributed by atoms with E-state index >= 15 is 0 Å². The van der Waals surface area contributed by atoms with Crippen molar-refractivity contribution >= 4 is 53.9 Å². The third kappa shape index (κ3) is 4.04. The molecule has 0 N–H and O–H groups in total. The third-order valence-electron chi connectivity index (χ3n) is 9.25. The van der Waals surface area contributed by atoms with E-state index in [1.165, 1.54) is 28.8 Å². The first-order valence-electron chi connectivity index (χ1n) is 15.4. The zero-order valence-electron chi connectivity index (χ0n) is 25.4. The summed E-state index contributed by atoms with van der Waals surface area (Å²) in [5.41, 5.74) is -6.51. The van der Waals surface area contributed by atoms with Gasteiger partial charge in [-0.1, -0.05) is 38.3 Å². The van der Waals surface area contributed by atoms with Crippen molar-refractivity contribution in [1.82, 2.24) is 18.5 Å².